The standard InChI is InChI=1S/C17H22N2O5S/c20-16(19-12-2-1-5-15(19)17(21)22)13-6-8-14(9-7-13)25(23,24)18-10-3-4-11-18/h6-9,15H,1-5,10-12H2,(H,21,22). The molecule has 8 heteroatoms. The maximum atomic E-state index is 12.6. The van der Waals surface area contributed by atoms with Gasteiger partial charge >= 0.3 is 5.97 Å². The summed E-state index contributed by atoms with van der Waals surface area (Å²) in [6, 6.07) is 4.99. The van der Waals surface area contributed by atoms with E-state index in [0.29, 0.717) is 31.6 Å². The molecule has 1 amide bonds. The second-order valence-corrected chi connectivity index (χ2v) is 8.42. The van der Waals surface area contributed by atoms with Crippen LogP contribution in [-0.2, 0) is 14.8 Å². The van der Waals surface area contributed by atoms with Gasteiger partial charge in [0.2, 0.25) is 10.0 Å². The Hall–Kier alpha value is -1.93. The number of benzene rings is 1. The number of piperidine rings is 1. The van der Waals surface area contributed by atoms with E-state index >= 15 is 0 Å². The fraction of sp³-hybridized carbons (Fsp3) is 0.529. The van der Waals surface area contributed by atoms with Gasteiger partial charge in [-0.05, 0) is 56.4 Å². The van der Waals surface area contributed by atoms with Gasteiger partial charge in [-0.2, -0.15) is 4.31 Å². The number of nitrogens with zero attached hydrogens (tertiary/aromatic N) is 2. The normalized spacial score (nSPS) is 22.1. The molecule has 1 aromatic rings. The van der Waals surface area contributed by atoms with Crippen LogP contribution in [0.5, 0.6) is 0 Å². The van der Waals surface area contributed by atoms with Crippen LogP contribution in [0.3, 0.4) is 0 Å². The summed E-state index contributed by atoms with van der Waals surface area (Å²) in [5.41, 5.74) is 0.313. The lowest BCUT2D eigenvalue weighted by Crippen LogP contribution is -2.47. The van der Waals surface area contributed by atoms with E-state index in [9.17, 15) is 23.1 Å². The Balaban J connectivity index is 1.79. The maximum Gasteiger partial charge on any atom is 0.326 e. The van der Waals surface area contributed by atoms with Crippen LogP contribution in [0.4, 0.5) is 0 Å². The van der Waals surface area contributed by atoms with E-state index in [4.69, 9.17) is 0 Å². The first-order valence-corrected chi connectivity index (χ1v) is 9.99. The largest absolute Gasteiger partial charge is 0.480 e. The molecular formula is C17H22N2O5S. The minimum absolute atomic E-state index is 0.166. The molecular weight excluding hydrogens is 344 g/mol. The Morgan fingerprint density at radius 1 is 0.960 bits per heavy atom. The van der Waals surface area contributed by atoms with Gasteiger partial charge in [0, 0.05) is 25.2 Å². The lowest BCUT2D eigenvalue weighted by molar-refractivity contribution is -0.143. The number of aliphatic carboxylic acids is 1. The molecule has 0 bridgehead atoms. The van der Waals surface area contributed by atoms with Crippen molar-refractivity contribution >= 4 is 21.9 Å². The molecule has 25 heavy (non-hydrogen) atoms. The van der Waals surface area contributed by atoms with E-state index in [0.717, 1.165) is 25.7 Å². The lowest BCUT2D eigenvalue weighted by Gasteiger charge is -2.33. The van der Waals surface area contributed by atoms with Gasteiger partial charge < -0.3 is 10.0 Å². The van der Waals surface area contributed by atoms with Crippen LogP contribution in [0.2, 0.25) is 0 Å². The first-order valence-electron chi connectivity index (χ1n) is 8.55. The molecule has 0 radical (unpaired) electrons. The van der Waals surface area contributed by atoms with Crippen LogP contribution in [0.1, 0.15) is 42.5 Å². The van der Waals surface area contributed by atoms with E-state index in [1.165, 1.54) is 33.5 Å². The lowest BCUT2D eigenvalue weighted by atomic mass is 10.0. The predicted molar refractivity (Wildman–Crippen MR) is 90.7 cm³/mol. The molecule has 2 aliphatic heterocycles. The van der Waals surface area contributed by atoms with Gasteiger partial charge in [-0.1, -0.05) is 0 Å². The number of rotatable bonds is 4. The van der Waals surface area contributed by atoms with Crippen LogP contribution < -0.4 is 0 Å². The van der Waals surface area contributed by atoms with Crippen molar-refractivity contribution < 1.29 is 23.1 Å². The molecule has 1 atom stereocenters. The van der Waals surface area contributed by atoms with Crippen LogP contribution in [0.15, 0.2) is 29.2 Å². The molecule has 2 aliphatic rings. The summed E-state index contributed by atoms with van der Waals surface area (Å²) in [6.45, 7) is 1.46. The van der Waals surface area contributed by atoms with Gasteiger partial charge in [-0.3, -0.25) is 4.79 Å². The summed E-state index contributed by atoms with van der Waals surface area (Å²) in [4.78, 5) is 25.5. The molecule has 3 rings (SSSR count). The molecule has 2 saturated heterocycles. The third-order valence-corrected chi connectivity index (χ3v) is 6.77. The van der Waals surface area contributed by atoms with Crippen LogP contribution in [0, 0.1) is 0 Å². The molecule has 2 fully saturated rings. The molecule has 136 valence electrons. The summed E-state index contributed by atoms with van der Waals surface area (Å²) in [7, 11) is -3.52. The summed E-state index contributed by atoms with van der Waals surface area (Å²) in [5, 5.41) is 9.30. The quantitative estimate of drug-likeness (QED) is 0.872. The van der Waals surface area contributed by atoms with Crippen LogP contribution >= 0.6 is 0 Å². The molecule has 1 N–H and O–H groups in total. The molecule has 0 saturated carbocycles. The summed E-state index contributed by atoms with van der Waals surface area (Å²) < 4.78 is 26.5. The van der Waals surface area contributed by atoms with Gasteiger partial charge in [0.05, 0.1) is 4.90 Å². The number of amides is 1. The number of sulfonamides is 1. The molecule has 0 aromatic heterocycles. The Morgan fingerprint density at radius 3 is 2.16 bits per heavy atom. The van der Waals surface area contributed by atoms with Gasteiger partial charge in [0.1, 0.15) is 6.04 Å². The van der Waals surface area contributed by atoms with Crippen molar-refractivity contribution in [1.82, 2.24) is 9.21 Å². The molecule has 7 nitrogen and oxygen atoms in total. The van der Waals surface area contributed by atoms with Crippen molar-refractivity contribution in [3.05, 3.63) is 29.8 Å². The molecule has 1 unspecified atom stereocenters. The molecule has 0 spiro atoms. The van der Waals surface area contributed by atoms with Crippen molar-refractivity contribution in [2.24, 2.45) is 0 Å². The van der Waals surface area contributed by atoms with E-state index < -0.39 is 22.0 Å². The second kappa shape index (κ2) is 7.13. The first-order chi connectivity index (χ1) is 11.9. The number of carboxylic acids is 1. The third-order valence-electron chi connectivity index (χ3n) is 4.85. The van der Waals surface area contributed by atoms with Crippen molar-refractivity contribution in [1.29, 1.82) is 0 Å². The average molecular weight is 366 g/mol. The SMILES string of the molecule is O=C(O)C1CCCCN1C(=O)c1ccc(S(=O)(=O)N2CCCC2)cc1. The minimum atomic E-state index is -3.52. The zero-order valence-corrected chi connectivity index (χ0v) is 14.7. The zero-order valence-electron chi connectivity index (χ0n) is 13.9. The van der Waals surface area contributed by atoms with Gasteiger partial charge in [0.15, 0.2) is 0 Å². The van der Waals surface area contributed by atoms with Crippen molar-refractivity contribution in [2.75, 3.05) is 19.6 Å². The van der Waals surface area contributed by atoms with E-state index in [-0.39, 0.29) is 10.8 Å². The minimum Gasteiger partial charge on any atom is -0.480 e. The summed E-state index contributed by atoms with van der Waals surface area (Å²) in [5.74, 6) is -1.36. The van der Waals surface area contributed by atoms with Gasteiger partial charge in [-0.25, -0.2) is 13.2 Å². The van der Waals surface area contributed by atoms with Crippen molar-refractivity contribution in [3.63, 3.8) is 0 Å². The highest BCUT2D eigenvalue weighted by Crippen LogP contribution is 2.23. The Kier molecular flexibility index (Phi) is 5.10. The summed E-state index contributed by atoms with van der Waals surface area (Å²) >= 11 is 0. The van der Waals surface area contributed by atoms with Crippen LogP contribution in [0.25, 0.3) is 0 Å². The van der Waals surface area contributed by atoms with E-state index in [1.54, 1.807) is 0 Å². The molecule has 1 aromatic carbocycles. The molecule has 0 aliphatic carbocycles. The zero-order chi connectivity index (χ0) is 18.0. The Labute approximate surface area is 147 Å². The maximum absolute atomic E-state index is 12.6. The highest BCUT2D eigenvalue weighted by Gasteiger charge is 2.33. The second-order valence-electron chi connectivity index (χ2n) is 6.48. The highest BCUT2D eigenvalue weighted by molar-refractivity contribution is 7.89. The fourth-order valence-electron chi connectivity index (χ4n) is 3.44. The van der Waals surface area contributed by atoms with Crippen molar-refractivity contribution in [3.8, 4) is 0 Å². The fourth-order valence-corrected chi connectivity index (χ4v) is 4.96. The average Bonchev–Trinajstić information content (AvgIpc) is 3.16. The Morgan fingerprint density at radius 2 is 1.56 bits per heavy atom. The van der Waals surface area contributed by atoms with Crippen molar-refractivity contribution in [2.45, 2.75) is 43.0 Å². The number of hydrogen-bond donors (Lipinski definition) is 1. The number of hydrogen-bond acceptors (Lipinski definition) is 4. The smallest absolute Gasteiger partial charge is 0.326 e. The first kappa shape index (κ1) is 17.9. The topological polar surface area (TPSA) is 95.0 Å². The summed E-state index contributed by atoms with van der Waals surface area (Å²) in [6.07, 6.45) is 3.73. The van der Waals surface area contributed by atoms with Gasteiger partial charge in [0.25, 0.3) is 5.91 Å². The highest BCUT2D eigenvalue weighted by atomic mass is 32.2. The van der Waals surface area contributed by atoms with E-state index in [1.807, 2.05) is 0 Å². The number of carbonyl (C=O) groups is 2. The van der Waals surface area contributed by atoms with Gasteiger partial charge in [-0.15, -0.1) is 0 Å². The number of carbonyl (C=O) groups excluding carboxylic acids is 1. The number of carboxylic acid groups (broad SMARTS) is 1. The molecule has 2 heterocycles. The van der Waals surface area contributed by atoms with E-state index in [2.05, 4.69) is 0 Å². The Bertz CT molecular complexity index is 754. The third kappa shape index (κ3) is 3.55. The number of likely N-dealkylation sites (tertiary alicyclic amines) is 1. The predicted octanol–water partition coefficient (Wildman–Crippen LogP) is 1.55. The van der Waals surface area contributed by atoms with Crippen LogP contribution in [-0.4, -0.2) is 60.3 Å². The monoisotopic (exact) mass is 366 g/mol.